The van der Waals surface area contributed by atoms with Crippen molar-refractivity contribution in [2.24, 2.45) is 5.92 Å². The van der Waals surface area contributed by atoms with Gasteiger partial charge in [0.05, 0.1) is 5.69 Å². The molecule has 25 heavy (non-hydrogen) atoms. The summed E-state index contributed by atoms with van der Waals surface area (Å²) < 4.78 is 5.45. The van der Waals surface area contributed by atoms with Crippen molar-refractivity contribution in [3.8, 4) is 5.75 Å². The summed E-state index contributed by atoms with van der Waals surface area (Å²) in [6.45, 7) is 4.10. The molecule has 0 saturated carbocycles. The summed E-state index contributed by atoms with van der Waals surface area (Å²) in [5.41, 5.74) is 7.98. The molecule has 0 aliphatic heterocycles. The second-order valence-electron chi connectivity index (χ2n) is 6.15. The van der Waals surface area contributed by atoms with Crippen molar-refractivity contribution >= 4 is 17.4 Å². The smallest absolute Gasteiger partial charge is 0.257 e. The van der Waals surface area contributed by atoms with Crippen LogP contribution in [0.2, 0.25) is 0 Å². The minimum atomic E-state index is -0.210. The molecular weight excluding hydrogens is 316 g/mol. The summed E-state index contributed by atoms with van der Waals surface area (Å²) in [6, 6.07) is 14.8. The third kappa shape index (κ3) is 5.64. The predicted molar refractivity (Wildman–Crippen MR) is 98.7 cm³/mol. The van der Waals surface area contributed by atoms with Gasteiger partial charge in [-0.2, -0.15) is 0 Å². The molecule has 2 aromatic rings. The fourth-order valence-corrected chi connectivity index (χ4v) is 2.35. The minimum absolute atomic E-state index is 0.0249. The molecule has 3 N–H and O–H groups in total. The Morgan fingerprint density at radius 1 is 1.12 bits per heavy atom. The van der Waals surface area contributed by atoms with Crippen molar-refractivity contribution in [1.82, 2.24) is 5.32 Å². The number of hydrogen-bond donors (Lipinski definition) is 2. The highest BCUT2D eigenvalue weighted by atomic mass is 16.5. The lowest BCUT2D eigenvalue weighted by Crippen LogP contribution is -2.30. The zero-order valence-corrected chi connectivity index (χ0v) is 14.6. The summed E-state index contributed by atoms with van der Waals surface area (Å²) in [5.74, 6) is 0.120. The summed E-state index contributed by atoms with van der Waals surface area (Å²) >= 11 is 0. The average Bonchev–Trinajstić information content (AvgIpc) is 2.60. The molecule has 0 aliphatic carbocycles. The second kappa shape index (κ2) is 8.87. The van der Waals surface area contributed by atoms with Gasteiger partial charge in [0.25, 0.3) is 5.91 Å². The Kier molecular flexibility index (Phi) is 6.57. The first-order chi connectivity index (χ1) is 12.0. The van der Waals surface area contributed by atoms with Gasteiger partial charge in [-0.1, -0.05) is 44.2 Å². The molecule has 0 heterocycles. The maximum absolute atomic E-state index is 11.9. The van der Waals surface area contributed by atoms with Gasteiger partial charge in [-0.05, 0) is 30.2 Å². The van der Waals surface area contributed by atoms with Crippen LogP contribution in [0.1, 0.15) is 29.8 Å². The van der Waals surface area contributed by atoms with Crippen molar-refractivity contribution in [1.29, 1.82) is 0 Å². The summed E-state index contributed by atoms with van der Waals surface area (Å²) in [4.78, 5) is 23.8. The van der Waals surface area contributed by atoms with Gasteiger partial charge in [0, 0.05) is 18.0 Å². The summed E-state index contributed by atoms with van der Waals surface area (Å²) in [7, 11) is 0. The van der Waals surface area contributed by atoms with Crippen molar-refractivity contribution in [3.05, 3.63) is 59.7 Å². The van der Waals surface area contributed by atoms with Crippen LogP contribution < -0.4 is 15.8 Å². The number of hydrogen-bond acceptors (Lipinski definition) is 4. The van der Waals surface area contributed by atoms with E-state index in [1.165, 1.54) is 5.56 Å². The van der Waals surface area contributed by atoms with E-state index in [-0.39, 0.29) is 24.2 Å². The lowest BCUT2D eigenvalue weighted by molar-refractivity contribution is -0.123. The molecule has 0 radical (unpaired) electrons. The Bertz CT molecular complexity index is 727. The van der Waals surface area contributed by atoms with E-state index in [9.17, 15) is 9.59 Å². The van der Waals surface area contributed by atoms with Crippen LogP contribution in [0.25, 0.3) is 0 Å². The number of nitrogens with one attached hydrogen (secondary N) is 1. The van der Waals surface area contributed by atoms with Crippen molar-refractivity contribution in [2.75, 3.05) is 18.9 Å². The maximum atomic E-state index is 11.9. The SMILES string of the molecule is CC(C)C(=O)c1ccc(OCC(=O)NCCc2ccccc2)c(N)c1. The van der Waals surface area contributed by atoms with Crippen LogP contribution in [-0.2, 0) is 11.2 Å². The highest BCUT2D eigenvalue weighted by Gasteiger charge is 2.13. The largest absolute Gasteiger partial charge is 0.482 e. The molecule has 0 aliphatic rings. The van der Waals surface area contributed by atoms with Gasteiger partial charge < -0.3 is 15.8 Å². The van der Waals surface area contributed by atoms with Gasteiger partial charge in [-0.15, -0.1) is 0 Å². The standard InChI is InChI=1S/C20H24N2O3/c1-14(2)20(24)16-8-9-18(17(21)12-16)25-13-19(23)22-11-10-15-6-4-3-5-7-15/h3-9,12,14H,10-11,13,21H2,1-2H3,(H,22,23). The van der Waals surface area contributed by atoms with Crippen LogP contribution in [0.3, 0.4) is 0 Å². The molecule has 132 valence electrons. The van der Waals surface area contributed by atoms with Gasteiger partial charge >= 0.3 is 0 Å². The van der Waals surface area contributed by atoms with Crippen LogP contribution in [0.5, 0.6) is 5.75 Å². The zero-order chi connectivity index (χ0) is 18.2. The quantitative estimate of drug-likeness (QED) is 0.572. The van der Waals surface area contributed by atoms with E-state index < -0.39 is 0 Å². The van der Waals surface area contributed by atoms with E-state index in [0.29, 0.717) is 23.5 Å². The Morgan fingerprint density at radius 2 is 1.84 bits per heavy atom. The van der Waals surface area contributed by atoms with E-state index >= 15 is 0 Å². The normalized spacial score (nSPS) is 10.5. The van der Waals surface area contributed by atoms with E-state index in [1.807, 2.05) is 44.2 Å². The Labute approximate surface area is 148 Å². The number of ether oxygens (including phenoxy) is 1. The van der Waals surface area contributed by atoms with Crippen molar-refractivity contribution in [2.45, 2.75) is 20.3 Å². The molecule has 5 nitrogen and oxygen atoms in total. The van der Waals surface area contributed by atoms with E-state index in [1.54, 1.807) is 18.2 Å². The Balaban J connectivity index is 1.80. The molecule has 0 saturated heterocycles. The molecule has 0 bridgehead atoms. The van der Waals surface area contributed by atoms with Crippen LogP contribution in [0.4, 0.5) is 5.69 Å². The van der Waals surface area contributed by atoms with E-state index in [4.69, 9.17) is 10.5 Å². The molecule has 0 atom stereocenters. The second-order valence-corrected chi connectivity index (χ2v) is 6.15. The zero-order valence-electron chi connectivity index (χ0n) is 14.6. The molecule has 1 amide bonds. The van der Waals surface area contributed by atoms with E-state index in [0.717, 1.165) is 6.42 Å². The van der Waals surface area contributed by atoms with E-state index in [2.05, 4.69) is 5.32 Å². The lowest BCUT2D eigenvalue weighted by atomic mass is 10.0. The number of benzene rings is 2. The lowest BCUT2D eigenvalue weighted by Gasteiger charge is -2.11. The molecule has 5 heteroatoms. The Morgan fingerprint density at radius 3 is 2.48 bits per heavy atom. The number of Topliss-reactive ketones (excluding diaryl/α,β-unsaturated/α-hetero) is 1. The number of nitrogens with two attached hydrogens (primary N) is 1. The first-order valence-electron chi connectivity index (χ1n) is 8.34. The molecule has 0 fully saturated rings. The summed E-state index contributed by atoms with van der Waals surface area (Å²) in [5, 5.41) is 2.81. The number of nitrogen functional groups attached to an aromatic ring is 1. The monoisotopic (exact) mass is 340 g/mol. The van der Waals surface area contributed by atoms with Crippen molar-refractivity contribution in [3.63, 3.8) is 0 Å². The molecule has 2 rings (SSSR count). The molecule has 0 spiro atoms. The average molecular weight is 340 g/mol. The van der Waals surface area contributed by atoms with Gasteiger partial charge in [0.2, 0.25) is 0 Å². The first-order valence-corrected chi connectivity index (χ1v) is 8.34. The van der Waals surface area contributed by atoms with Gasteiger partial charge in [0.1, 0.15) is 5.75 Å². The van der Waals surface area contributed by atoms with Gasteiger partial charge in [-0.3, -0.25) is 9.59 Å². The third-order valence-corrected chi connectivity index (χ3v) is 3.76. The first kappa shape index (κ1) is 18.5. The number of carbonyl (C=O) groups is 2. The maximum Gasteiger partial charge on any atom is 0.257 e. The number of anilines is 1. The molecule has 2 aromatic carbocycles. The number of amides is 1. The third-order valence-electron chi connectivity index (χ3n) is 3.76. The minimum Gasteiger partial charge on any atom is -0.482 e. The van der Waals surface area contributed by atoms with Crippen LogP contribution in [-0.4, -0.2) is 24.8 Å². The topological polar surface area (TPSA) is 81.4 Å². The summed E-state index contributed by atoms with van der Waals surface area (Å²) in [6.07, 6.45) is 0.765. The molecular formula is C20H24N2O3. The highest BCUT2D eigenvalue weighted by molar-refractivity contribution is 5.98. The van der Waals surface area contributed by atoms with Gasteiger partial charge in [0.15, 0.2) is 12.4 Å². The Hall–Kier alpha value is -2.82. The number of carbonyl (C=O) groups excluding carboxylic acids is 2. The highest BCUT2D eigenvalue weighted by Crippen LogP contribution is 2.23. The fraction of sp³-hybridized carbons (Fsp3) is 0.300. The molecule has 0 unspecified atom stereocenters. The predicted octanol–water partition coefficient (Wildman–Crippen LogP) is 2.85. The number of ketones is 1. The van der Waals surface area contributed by atoms with Crippen LogP contribution in [0.15, 0.2) is 48.5 Å². The fourth-order valence-electron chi connectivity index (χ4n) is 2.35. The number of rotatable bonds is 8. The van der Waals surface area contributed by atoms with Crippen LogP contribution >= 0.6 is 0 Å². The van der Waals surface area contributed by atoms with Crippen molar-refractivity contribution < 1.29 is 14.3 Å². The van der Waals surface area contributed by atoms with Crippen LogP contribution in [0, 0.1) is 5.92 Å². The van der Waals surface area contributed by atoms with Gasteiger partial charge in [-0.25, -0.2) is 0 Å². The molecule has 0 aromatic heterocycles.